The van der Waals surface area contributed by atoms with Crippen LogP contribution in [0.3, 0.4) is 0 Å². The molecule has 0 radical (unpaired) electrons. The fourth-order valence-electron chi connectivity index (χ4n) is 2.97. The first kappa shape index (κ1) is 21.3. The zero-order valence-corrected chi connectivity index (χ0v) is 17.4. The number of ether oxygens (including phenoxy) is 2. The van der Waals surface area contributed by atoms with Crippen LogP contribution in [0.25, 0.3) is 22.6 Å². The van der Waals surface area contributed by atoms with Gasteiger partial charge < -0.3 is 24.5 Å². The number of aromatic nitrogens is 2. The predicted molar refractivity (Wildman–Crippen MR) is 114 cm³/mol. The Kier molecular flexibility index (Phi) is 7.03. The summed E-state index contributed by atoms with van der Waals surface area (Å²) in [6, 6.07) is 10.9. The molecule has 158 valence electrons. The fourth-order valence-corrected chi connectivity index (χ4v) is 2.97. The van der Waals surface area contributed by atoms with Gasteiger partial charge in [-0.15, -0.1) is 0 Å². The van der Waals surface area contributed by atoms with Gasteiger partial charge in [-0.25, -0.2) is 9.97 Å². The van der Waals surface area contributed by atoms with E-state index in [1.807, 2.05) is 44.2 Å². The first-order valence-electron chi connectivity index (χ1n) is 9.85. The molecule has 2 heterocycles. The molecule has 0 spiro atoms. The Bertz CT molecular complexity index is 964. The molecule has 0 unspecified atom stereocenters. The molecule has 0 saturated carbocycles. The predicted octanol–water partition coefficient (Wildman–Crippen LogP) is 3.23. The molecule has 30 heavy (non-hydrogen) atoms. The number of carbonyl (C=O) groups is 1. The molecular weight excluding hydrogens is 384 g/mol. The number of amides is 1. The highest BCUT2D eigenvalue weighted by Gasteiger charge is 2.24. The lowest BCUT2D eigenvalue weighted by atomic mass is 10.1. The molecule has 2 N–H and O–H groups in total. The van der Waals surface area contributed by atoms with Crippen molar-refractivity contribution in [1.82, 2.24) is 14.9 Å². The van der Waals surface area contributed by atoms with Gasteiger partial charge in [0.05, 0.1) is 7.11 Å². The Hall–Kier alpha value is -3.39. The molecule has 0 bridgehead atoms. The van der Waals surface area contributed by atoms with Crippen LogP contribution in [0.15, 0.2) is 47.0 Å². The van der Waals surface area contributed by atoms with Gasteiger partial charge in [0.15, 0.2) is 5.76 Å². The number of carbonyl (C=O) groups excluding carboxylic acids is 1. The highest BCUT2D eigenvalue weighted by Crippen LogP contribution is 2.34. The molecule has 3 rings (SSSR count). The summed E-state index contributed by atoms with van der Waals surface area (Å²) in [6.07, 6.45) is 1.64. The maximum atomic E-state index is 12.8. The van der Waals surface area contributed by atoms with Crippen molar-refractivity contribution in [2.75, 3.05) is 33.4 Å². The van der Waals surface area contributed by atoms with Crippen molar-refractivity contribution in [3.05, 3.63) is 48.5 Å². The van der Waals surface area contributed by atoms with E-state index < -0.39 is 0 Å². The summed E-state index contributed by atoms with van der Waals surface area (Å²) in [6.45, 7) is 5.85. The minimum absolute atomic E-state index is 0.0444. The van der Waals surface area contributed by atoms with Crippen molar-refractivity contribution in [2.45, 2.75) is 13.8 Å². The molecule has 0 aliphatic rings. The van der Waals surface area contributed by atoms with E-state index in [0.717, 1.165) is 11.1 Å². The summed E-state index contributed by atoms with van der Waals surface area (Å²) >= 11 is 0. The molecule has 0 aliphatic heterocycles. The quantitative estimate of drug-likeness (QED) is 0.577. The van der Waals surface area contributed by atoms with E-state index in [2.05, 4.69) is 9.97 Å². The van der Waals surface area contributed by atoms with Gasteiger partial charge >= 0.3 is 5.91 Å². The highest BCUT2D eigenvalue weighted by atomic mass is 16.5. The van der Waals surface area contributed by atoms with Crippen molar-refractivity contribution in [2.24, 2.45) is 5.73 Å². The Labute approximate surface area is 175 Å². The normalized spacial score (nSPS) is 10.7. The second-order valence-corrected chi connectivity index (χ2v) is 6.42. The topological polar surface area (TPSA) is 104 Å². The van der Waals surface area contributed by atoms with Crippen LogP contribution in [-0.4, -0.2) is 54.1 Å². The number of pyridine rings is 1. The molecule has 8 heteroatoms. The third-order valence-electron chi connectivity index (χ3n) is 4.58. The SMILES string of the molecule is CCN(CC)C(=O)c1nc(-c2ccc(OC)nc2)c(-c2ccc(OCCN)cc2)o1. The second-order valence-electron chi connectivity index (χ2n) is 6.42. The Balaban J connectivity index is 2.03. The summed E-state index contributed by atoms with van der Waals surface area (Å²) in [5.41, 5.74) is 7.51. The van der Waals surface area contributed by atoms with Crippen molar-refractivity contribution < 1.29 is 18.7 Å². The monoisotopic (exact) mass is 410 g/mol. The van der Waals surface area contributed by atoms with Crippen LogP contribution < -0.4 is 15.2 Å². The summed E-state index contributed by atoms with van der Waals surface area (Å²) < 4.78 is 16.6. The molecule has 8 nitrogen and oxygen atoms in total. The number of benzene rings is 1. The molecule has 3 aromatic rings. The summed E-state index contributed by atoms with van der Waals surface area (Å²) in [7, 11) is 1.55. The fraction of sp³-hybridized carbons (Fsp3) is 0.318. The standard InChI is InChI=1S/C22H26N4O4/c1-4-26(5-2)22(27)21-25-19(16-8-11-18(28-3)24-14-16)20(30-21)15-6-9-17(10-7-15)29-13-12-23/h6-11,14H,4-5,12-13,23H2,1-3H3. The molecule has 0 saturated heterocycles. The molecule has 1 amide bonds. The van der Waals surface area contributed by atoms with Crippen molar-refractivity contribution in [3.8, 4) is 34.2 Å². The van der Waals surface area contributed by atoms with Gasteiger partial charge in [-0.3, -0.25) is 4.79 Å². The van der Waals surface area contributed by atoms with Gasteiger partial charge in [-0.2, -0.15) is 0 Å². The van der Waals surface area contributed by atoms with E-state index in [0.29, 0.717) is 49.3 Å². The van der Waals surface area contributed by atoms with Gasteiger partial charge in [-0.1, -0.05) is 0 Å². The number of nitrogens with two attached hydrogens (primary N) is 1. The molecular formula is C22H26N4O4. The third-order valence-corrected chi connectivity index (χ3v) is 4.58. The van der Waals surface area contributed by atoms with E-state index in [-0.39, 0.29) is 11.8 Å². The van der Waals surface area contributed by atoms with Gasteiger partial charge in [-0.05, 0) is 44.2 Å². The van der Waals surface area contributed by atoms with Crippen LogP contribution in [0, 0.1) is 0 Å². The lowest BCUT2D eigenvalue weighted by Gasteiger charge is -2.15. The summed E-state index contributed by atoms with van der Waals surface area (Å²) in [5, 5.41) is 0. The number of rotatable bonds is 9. The maximum Gasteiger partial charge on any atom is 0.309 e. The molecule has 1 aromatic carbocycles. The minimum Gasteiger partial charge on any atom is -0.492 e. The first-order valence-corrected chi connectivity index (χ1v) is 9.85. The van der Waals surface area contributed by atoms with E-state index in [4.69, 9.17) is 19.6 Å². The average molecular weight is 410 g/mol. The maximum absolute atomic E-state index is 12.8. The zero-order chi connectivity index (χ0) is 21.5. The van der Waals surface area contributed by atoms with Gasteiger partial charge in [0.1, 0.15) is 18.1 Å². The zero-order valence-electron chi connectivity index (χ0n) is 17.4. The average Bonchev–Trinajstić information content (AvgIpc) is 3.24. The van der Waals surface area contributed by atoms with Crippen LogP contribution >= 0.6 is 0 Å². The van der Waals surface area contributed by atoms with Crippen LogP contribution in [0.4, 0.5) is 0 Å². The van der Waals surface area contributed by atoms with Crippen LogP contribution in [-0.2, 0) is 0 Å². The third kappa shape index (κ3) is 4.60. The summed E-state index contributed by atoms with van der Waals surface area (Å²) in [5.74, 6) is 1.48. The highest BCUT2D eigenvalue weighted by molar-refractivity contribution is 5.92. The Morgan fingerprint density at radius 2 is 1.80 bits per heavy atom. The summed E-state index contributed by atoms with van der Waals surface area (Å²) in [4.78, 5) is 23.2. The minimum atomic E-state index is -0.253. The van der Waals surface area contributed by atoms with E-state index in [1.54, 1.807) is 24.3 Å². The lowest BCUT2D eigenvalue weighted by Crippen LogP contribution is -2.30. The molecule has 2 aromatic heterocycles. The lowest BCUT2D eigenvalue weighted by molar-refractivity contribution is 0.0734. The first-order chi connectivity index (χ1) is 14.6. The van der Waals surface area contributed by atoms with Crippen molar-refractivity contribution >= 4 is 5.91 Å². The number of oxazole rings is 1. The van der Waals surface area contributed by atoms with E-state index >= 15 is 0 Å². The van der Waals surface area contributed by atoms with Gasteiger partial charge in [0.25, 0.3) is 5.89 Å². The number of hydrogen-bond acceptors (Lipinski definition) is 7. The van der Waals surface area contributed by atoms with Crippen molar-refractivity contribution in [1.29, 1.82) is 0 Å². The number of hydrogen-bond donors (Lipinski definition) is 1. The smallest absolute Gasteiger partial charge is 0.309 e. The van der Waals surface area contributed by atoms with Crippen LogP contribution in [0.5, 0.6) is 11.6 Å². The van der Waals surface area contributed by atoms with Gasteiger partial charge in [0, 0.05) is 43.0 Å². The van der Waals surface area contributed by atoms with E-state index in [9.17, 15) is 4.79 Å². The Morgan fingerprint density at radius 3 is 2.37 bits per heavy atom. The molecule has 0 fully saturated rings. The van der Waals surface area contributed by atoms with Gasteiger partial charge in [0.2, 0.25) is 5.88 Å². The van der Waals surface area contributed by atoms with Crippen LogP contribution in [0.2, 0.25) is 0 Å². The Morgan fingerprint density at radius 1 is 1.10 bits per heavy atom. The van der Waals surface area contributed by atoms with Crippen LogP contribution in [0.1, 0.15) is 24.5 Å². The second kappa shape index (κ2) is 9.89. The molecule has 0 aliphatic carbocycles. The number of methoxy groups -OCH3 is 1. The van der Waals surface area contributed by atoms with Crippen molar-refractivity contribution in [3.63, 3.8) is 0 Å². The molecule has 0 atom stereocenters. The largest absolute Gasteiger partial charge is 0.492 e. The van der Waals surface area contributed by atoms with E-state index in [1.165, 1.54) is 0 Å². The number of nitrogens with zero attached hydrogens (tertiary/aromatic N) is 3.